The molecule has 0 aromatic heterocycles. The van der Waals surface area contributed by atoms with Crippen molar-refractivity contribution in [1.82, 2.24) is 5.32 Å². The fourth-order valence-electron chi connectivity index (χ4n) is 2.92. The standard InChI is InChI=1S/C20H25N3O3S.ClH/c1-13-3-8-17(11-14(13)2)23-27(25,26)18-9-6-16(7-10-18)20(24)22-19(12-21)15-4-5-15;/h3,6-11,15,19,23H,4-5,12,21H2,1-2H3,(H,22,24);1H. The Morgan fingerprint density at radius 2 is 1.75 bits per heavy atom. The van der Waals surface area contributed by atoms with E-state index >= 15 is 0 Å². The van der Waals surface area contributed by atoms with Gasteiger partial charge in [0.15, 0.2) is 0 Å². The van der Waals surface area contributed by atoms with Crippen LogP contribution in [0.15, 0.2) is 47.4 Å². The number of hydrogen-bond acceptors (Lipinski definition) is 4. The van der Waals surface area contributed by atoms with E-state index in [2.05, 4.69) is 10.0 Å². The number of amides is 1. The number of carbonyl (C=O) groups is 1. The molecular formula is C20H26ClN3O3S. The predicted octanol–water partition coefficient (Wildman–Crippen LogP) is 2.99. The predicted molar refractivity (Wildman–Crippen MR) is 113 cm³/mol. The van der Waals surface area contributed by atoms with Crippen LogP contribution in [0, 0.1) is 19.8 Å². The Kier molecular flexibility index (Phi) is 7.09. The van der Waals surface area contributed by atoms with Crippen LogP contribution >= 0.6 is 12.4 Å². The number of aryl methyl sites for hydroxylation is 2. The SMILES string of the molecule is Cc1ccc(NS(=O)(=O)c2ccc(C(=O)NC(CN)C3CC3)cc2)cc1C.Cl. The normalized spacial score (nSPS) is 14.7. The number of carbonyl (C=O) groups excluding carboxylic acids is 1. The fourth-order valence-corrected chi connectivity index (χ4v) is 3.97. The molecule has 152 valence electrons. The van der Waals surface area contributed by atoms with E-state index in [4.69, 9.17) is 5.73 Å². The summed E-state index contributed by atoms with van der Waals surface area (Å²) in [7, 11) is -3.72. The Hall–Kier alpha value is -2.09. The van der Waals surface area contributed by atoms with Gasteiger partial charge in [0, 0.05) is 23.8 Å². The smallest absolute Gasteiger partial charge is 0.261 e. The van der Waals surface area contributed by atoms with Gasteiger partial charge >= 0.3 is 0 Å². The zero-order valence-corrected chi connectivity index (χ0v) is 17.6. The number of rotatable bonds is 7. The molecule has 1 saturated carbocycles. The molecule has 1 aliphatic rings. The van der Waals surface area contributed by atoms with Gasteiger partial charge < -0.3 is 11.1 Å². The highest BCUT2D eigenvalue weighted by atomic mass is 35.5. The van der Waals surface area contributed by atoms with Gasteiger partial charge in [0.25, 0.3) is 15.9 Å². The van der Waals surface area contributed by atoms with Crippen LogP contribution in [0.1, 0.15) is 34.3 Å². The lowest BCUT2D eigenvalue weighted by atomic mass is 10.1. The summed E-state index contributed by atoms with van der Waals surface area (Å²) in [5.74, 6) is 0.226. The van der Waals surface area contributed by atoms with Crippen molar-refractivity contribution >= 4 is 34.0 Å². The third-order valence-electron chi connectivity index (χ3n) is 4.95. The topological polar surface area (TPSA) is 101 Å². The number of nitrogens with one attached hydrogen (secondary N) is 2. The lowest BCUT2D eigenvalue weighted by Gasteiger charge is -2.16. The van der Waals surface area contributed by atoms with Crippen molar-refractivity contribution in [3.8, 4) is 0 Å². The molecule has 6 nitrogen and oxygen atoms in total. The van der Waals surface area contributed by atoms with E-state index in [1.54, 1.807) is 12.1 Å². The molecule has 2 aromatic rings. The molecule has 0 bridgehead atoms. The van der Waals surface area contributed by atoms with E-state index in [1.165, 1.54) is 24.3 Å². The zero-order valence-electron chi connectivity index (χ0n) is 15.9. The first kappa shape index (κ1) is 22.2. The maximum atomic E-state index is 12.6. The van der Waals surface area contributed by atoms with Crippen molar-refractivity contribution in [2.24, 2.45) is 11.7 Å². The van der Waals surface area contributed by atoms with Crippen LogP contribution in [0.5, 0.6) is 0 Å². The quantitative estimate of drug-likeness (QED) is 0.637. The lowest BCUT2D eigenvalue weighted by molar-refractivity contribution is 0.0933. The van der Waals surface area contributed by atoms with Crippen molar-refractivity contribution in [1.29, 1.82) is 0 Å². The first-order valence-corrected chi connectivity index (χ1v) is 10.5. The Bertz CT molecular complexity index is 942. The highest BCUT2D eigenvalue weighted by Gasteiger charge is 2.31. The highest BCUT2D eigenvalue weighted by molar-refractivity contribution is 7.92. The summed E-state index contributed by atoms with van der Waals surface area (Å²) in [6.45, 7) is 4.30. The van der Waals surface area contributed by atoms with Crippen LogP contribution in [0.25, 0.3) is 0 Å². The van der Waals surface area contributed by atoms with E-state index in [9.17, 15) is 13.2 Å². The Labute approximate surface area is 172 Å². The molecule has 28 heavy (non-hydrogen) atoms. The van der Waals surface area contributed by atoms with Gasteiger partial charge in [-0.05, 0) is 80.1 Å². The molecule has 0 aliphatic heterocycles. The first-order valence-electron chi connectivity index (χ1n) is 9.01. The second-order valence-corrected chi connectivity index (χ2v) is 8.76. The molecule has 1 fully saturated rings. The van der Waals surface area contributed by atoms with Crippen molar-refractivity contribution < 1.29 is 13.2 Å². The number of benzene rings is 2. The van der Waals surface area contributed by atoms with E-state index < -0.39 is 10.0 Å². The molecule has 1 aliphatic carbocycles. The number of anilines is 1. The van der Waals surface area contributed by atoms with E-state index in [0.29, 0.717) is 23.7 Å². The van der Waals surface area contributed by atoms with Crippen molar-refractivity contribution in [3.05, 3.63) is 59.2 Å². The summed E-state index contributed by atoms with van der Waals surface area (Å²) < 4.78 is 27.7. The molecule has 0 radical (unpaired) electrons. The van der Waals surface area contributed by atoms with Crippen LogP contribution in [0.4, 0.5) is 5.69 Å². The Morgan fingerprint density at radius 1 is 1.11 bits per heavy atom. The monoisotopic (exact) mass is 423 g/mol. The maximum absolute atomic E-state index is 12.6. The average molecular weight is 424 g/mol. The fraction of sp³-hybridized carbons (Fsp3) is 0.350. The number of halogens is 1. The molecule has 1 amide bonds. The minimum Gasteiger partial charge on any atom is -0.348 e. The third kappa shape index (κ3) is 5.25. The number of sulfonamides is 1. The molecule has 4 N–H and O–H groups in total. The number of nitrogens with two attached hydrogens (primary N) is 1. The summed E-state index contributed by atoms with van der Waals surface area (Å²) in [6, 6.07) is 11.3. The van der Waals surface area contributed by atoms with Crippen molar-refractivity contribution in [2.45, 2.75) is 37.6 Å². The van der Waals surface area contributed by atoms with Crippen LogP contribution in [0.2, 0.25) is 0 Å². The zero-order chi connectivity index (χ0) is 19.6. The van der Waals surface area contributed by atoms with E-state index in [0.717, 1.165) is 24.0 Å². The number of hydrogen-bond donors (Lipinski definition) is 3. The maximum Gasteiger partial charge on any atom is 0.261 e. The molecule has 1 atom stereocenters. The minimum atomic E-state index is -3.72. The molecule has 2 aromatic carbocycles. The Morgan fingerprint density at radius 3 is 2.29 bits per heavy atom. The summed E-state index contributed by atoms with van der Waals surface area (Å²) in [5.41, 5.74) is 8.74. The van der Waals surface area contributed by atoms with Gasteiger partial charge in [-0.3, -0.25) is 9.52 Å². The largest absolute Gasteiger partial charge is 0.348 e. The summed E-state index contributed by atoms with van der Waals surface area (Å²) >= 11 is 0. The molecule has 3 rings (SSSR count). The van der Waals surface area contributed by atoms with Crippen LogP contribution in [-0.2, 0) is 10.0 Å². The molecule has 8 heteroatoms. The van der Waals surface area contributed by atoms with Gasteiger partial charge in [-0.2, -0.15) is 0 Å². The van der Waals surface area contributed by atoms with Crippen LogP contribution in [0.3, 0.4) is 0 Å². The molecule has 1 unspecified atom stereocenters. The first-order chi connectivity index (χ1) is 12.8. The van der Waals surface area contributed by atoms with Crippen molar-refractivity contribution in [2.75, 3.05) is 11.3 Å². The van der Waals surface area contributed by atoms with Crippen molar-refractivity contribution in [3.63, 3.8) is 0 Å². The third-order valence-corrected chi connectivity index (χ3v) is 6.34. The van der Waals surface area contributed by atoms with Gasteiger partial charge in [0.2, 0.25) is 0 Å². The average Bonchev–Trinajstić information content (AvgIpc) is 3.47. The second-order valence-electron chi connectivity index (χ2n) is 7.08. The summed E-state index contributed by atoms with van der Waals surface area (Å²) in [6.07, 6.45) is 2.17. The van der Waals surface area contributed by atoms with Gasteiger partial charge in [-0.15, -0.1) is 12.4 Å². The summed E-state index contributed by atoms with van der Waals surface area (Å²) in [5, 5.41) is 2.93. The highest BCUT2D eigenvalue weighted by Crippen LogP contribution is 2.32. The second kappa shape index (κ2) is 8.94. The van der Waals surface area contributed by atoms with E-state index in [-0.39, 0.29) is 29.3 Å². The Balaban J connectivity index is 0.00000280. The van der Waals surface area contributed by atoms with Gasteiger partial charge in [0.1, 0.15) is 0 Å². The van der Waals surface area contributed by atoms with Gasteiger partial charge in [0.05, 0.1) is 4.90 Å². The van der Waals surface area contributed by atoms with Crippen LogP contribution in [-0.4, -0.2) is 26.9 Å². The van der Waals surface area contributed by atoms with Gasteiger partial charge in [-0.25, -0.2) is 8.42 Å². The minimum absolute atomic E-state index is 0. The molecule has 0 spiro atoms. The molecule has 0 saturated heterocycles. The molecular weight excluding hydrogens is 398 g/mol. The lowest BCUT2D eigenvalue weighted by Crippen LogP contribution is -2.41. The van der Waals surface area contributed by atoms with Gasteiger partial charge in [-0.1, -0.05) is 6.07 Å². The summed E-state index contributed by atoms with van der Waals surface area (Å²) in [4.78, 5) is 12.4. The van der Waals surface area contributed by atoms with E-state index in [1.807, 2.05) is 19.9 Å². The molecule has 0 heterocycles. The van der Waals surface area contributed by atoms with Crippen LogP contribution < -0.4 is 15.8 Å².